The van der Waals surface area contributed by atoms with Crippen molar-refractivity contribution in [3.63, 3.8) is 0 Å². The van der Waals surface area contributed by atoms with Crippen molar-refractivity contribution in [1.29, 1.82) is 0 Å². The van der Waals surface area contributed by atoms with Gasteiger partial charge in [0.15, 0.2) is 37.0 Å². The molecule has 0 aromatic heterocycles. The molecule has 0 spiro atoms. The highest BCUT2D eigenvalue weighted by Crippen LogP contribution is 2.33. The Labute approximate surface area is 410 Å². The first-order chi connectivity index (χ1) is 34.1. The minimum atomic E-state index is -1.95. The van der Waals surface area contributed by atoms with Crippen LogP contribution in [0.1, 0.15) is 62.2 Å². The number of ether oxygens (including phenoxy) is 7. The molecule has 0 radical (unpaired) electrons. The van der Waals surface area contributed by atoms with Gasteiger partial charge in [0.05, 0.1) is 22.3 Å². The fourth-order valence-corrected chi connectivity index (χ4v) is 7.05. The van der Waals surface area contributed by atoms with Crippen molar-refractivity contribution in [3.05, 3.63) is 182 Å². The van der Waals surface area contributed by atoms with Gasteiger partial charge in [-0.3, -0.25) is 9.80 Å². The summed E-state index contributed by atoms with van der Waals surface area (Å²) >= 11 is 0. The van der Waals surface area contributed by atoms with Crippen LogP contribution in [0.4, 0.5) is 18.4 Å². The maximum Gasteiger partial charge on any atom is 0.412 e. The Bertz CT molecular complexity index is 2430. The first kappa shape index (κ1) is 54.2. The molecule has 4 aromatic rings. The molecule has 71 heavy (non-hydrogen) atoms. The highest BCUT2D eigenvalue weighted by Gasteiger charge is 2.53. The van der Waals surface area contributed by atoms with E-state index in [1.807, 2.05) is 0 Å². The van der Waals surface area contributed by atoms with Crippen LogP contribution < -0.4 is 5.32 Å². The lowest BCUT2D eigenvalue weighted by Crippen LogP contribution is -2.50. The molecule has 6 rings (SSSR count). The van der Waals surface area contributed by atoms with E-state index in [4.69, 9.17) is 33.2 Å². The number of hydrogen-bond donors (Lipinski definition) is 1. The van der Waals surface area contributed by atoms with E-state index >= 15 is 8.78 Å². The van der Waals surface area contributed by atoms with Crippen LogP contribution in [0.5, 0.6) is 0 Å². The molecule has 2 saturated heterocycles. The average molecular weight is 982 g/mol. The maximum absolute atomic E-state index is 15.8. The molecule has 18 heteroatoms. The predicted octanol–water partition coefficient (Wildman–Crippen LogP) is 8.07. The Hall–Kier alpha value is -7.70. The number of carbonyl (C=O) groups excluding carboxylic acids is 6. The first-order valence-corrected chi connectivity index (χ1v) is 22.5. The monoisotopic (exact) mass is 981 g/mol. The number of alkyl halides is 2. The van der Waals surface area contributed by atoms with Gasteiger partial charge < -0.3 is 38.5 Å². The molecule has 376 valence electrons. The van der Waals surface area contributed by atoms with Crippen molar-refractivity contribution in [3.8, 4) is 0 Å². The van der Waals surface area contributed by atoms with Gasteiger partial charge in [0.25, 0.3) is 0 Å². The minimum Gasteiger partial charge on any atom is -0.459 e. The Kier molecular flexibility index (Phi) is 20.1. The van der Waals surface area contributed by atoms with Gasteiger partial charge in [-0.1, -0.05) is 91.0 Å². The summed E-state index contributed by atoms with van der Waals surface area (Å²) in [5, 5.41) is 2.56. The molecular weight excluding hydrogens is 925 g/mol. The zero-order valence-electron chi connectivity index (χ0n) is 39.5. The zero-order chi connectivity index (χ0) is 51.5. The molecule has 1 unspecified atom stereocenters. The van der Waals surface area contributed by atoms with Gasteiger partial charge in [-0.15, -0.1) is 19.7 Å². The number of carbonyl (C=O) groups is 6. The second kappa shape index (κ2) is 26.3. The molecule has 2 aliphatic heterocycles. The number of rotatable bonds is 18. The number of halogens is 2. The number of esters is 4. The van der Waals surface area contributed by atoms with Gasteiger partial charge >= 0.3 is 36.0 Å². The van der Waals surface area contributed by atoms with Crippen molar-refractivity contribution in [2.75, 3.05) is 32.8 Å². The smallest absolute Gasteiger partial charge is 0.412 e. The maximum atomic E-state index is 15.8. The lowest BCUT2D eigenvalue weighted by Gasteiger charge is -2.31. The predicted molar refractivity (Wildman–Crippen MR) is 255 cm³/mol. The van der Waals surface area contributed by atoms with Crippen LogP contribution in [-0.2, 0) is 33.2 Å². The summed E-state index contributed by atoms with van der Waals surface area (Å²) in [6.07, 6.45) is -8.52. The summed E-state index contributed by atoms with van der Waals surface area (Å²) in [4.78, 5) is 77.7. The molecule has 2 fully saturated rings. The van der Waals surface area contributed by atoms with Crippen molar-refractivity contribution in [1.82, 2.24) is 15.1 Å². The number of amides is 3. The lowest BCUT2D eigenvalue weighted by atomic mass is 10.1. The van der Waals surface area contributed by atoms with Gasteiger partial charge in [0.2, 0.25) is 0 Å². The second-order valence-corrected chi connectivity index (χ2v) is 16.8. The molecule has 4 aromatic carbocycles. The molecule has 0 aliphatic carbocycles. The zero-order valence-corrected chi connectivity index (χ0v) is 39.5. The third kappa shape index (κ3) is 15.4. The molecule has 8 atom stereocenters. The molecule has 16 nitrogen and oxygen atoms in total. The van der Waals surface area contributed by atoms with E-state index in [1.54, 1.807) is 118 Å². The average Bonchev–Trinajstić information content (AvgIpc) is 3.85. The number of nitrogens with one attached hydrogen (secondary N) is 1. The summed E-state index contributed by atoms with van der Waals surface area (Å²) in [5.41, 5.74) is 0.181. The highest BCUT2D eigenvalue weighted by atomic mass is 19.1. The molecule has 0 saturated carbocycles. The van der Waals surface area contributed by atoms with Crippen molar-refractivity contribution in [2.45, 2.75) is 75.6 Å². The summed E-state index contributed by atoms with van der Waals surface area (Å²) in [5.74, 6) is -2.85. The fraction of sp³-hybridized carbons (Fsp3) is 0.321. The van der Waals surface area contributed by atoms with Gasteiger partial charge in [-0.2, -0.15) is 0 Å². The summed E-state index contributed by atoms with van der Waals surface area (Å²) in [7, 11) is 0. The summed E-state index contributed by atoms with van der Waals surface area (Å²) < 4.78 is 70.0. The number of nitrogens with zero attached hydrogens (tertiary/aromatic N) is 2. The SMILES string of the molecule is C=CCN(C(=O)OC(C)(C)C)[C@@H]1O[C@H](COC(=O)c2ccccc2)[C@@H](OC(=O)c2ccccc2)[C@@H]1F.C=CCNC(=O)N(CC=C)C1O[C@H](COC(=O)c2ccccc2)[C@@H](OC(=O)c2ccccc2)[C@@H]1F. The van der Waals surface area contributed by atoms with Gasteiger partial charge in [0, 0.05) is 19.6 Å². The van der Waals surface area contributed by atoms with Gasteiger partial charge in [-0.25, -0.2) is 37.5 Å². The molecule has 3 amide bonds. The Morgan fingerprint density at radius 1 is 0.563 bits per heavy atom. The summed E-state index contributed by atoms with van der Waals surface area (Å²) in [6, 6.07) is 32.0. The Morgan fingerprint density at radius 2 is 0.915 bits per heavy atom. The van der Waals surface area contributed by atoms with E-state index in [0.29, 0.717) is 11.1 Å². The van der Waals surface area contributed by atoms with Crippen LogP contribution in [0.15, 0.2) is 159 Å². The van der Waals surface area contributed by atoms with Crippen molar-refractivity contribution < 1.29 is 70.7 Å². The lowest BCUT2D eigenvalue weighted by molar-refractivity contribution is -0.0886. The standard InChI is InChI=1S/C27H30FNO7.C26H27FN2O6/c1-5-16-29(26(32)36-27(2,3)4)23-21(28)22(35-25(31)19-14-10-7-11-15-19)20(34-23)17-33-24(30)18-12-8-6-9-13-18;1-3-15-28-26(32)29(16-4-2)23-21(27)22(35-25(31)19-13-9-6-10-14-19)20(34-23)17-33-24(30)18-11-7-5-8-12-18/h5-15,20-23H,1,16-17H2,2-4H3;3-14,20-23H,1-2,15-17H2,(H,28,32)/t20-,21+,22-,23-;20-,21+,22-,23?/m11/s1. The van der Waals surface area contributed by atoms with E-state index in [2.05, 4.69) is 25.1 Å². The number of benzene rings is 4. The second-order valence-electron chi connectivity index (χ2n) is 16.8. The van der Waals surface area contributed by atoms with Crippen LogP contribution in [0.2, 0.25) is 0 Å². The highest BCUT2D eigenvalue weighted by molar-refractivity contribution is 5.91. The van der Waals surface area contributed by atoms with Crippen molar-refractivity contribution in [2.24, 2.45) is 0 Å². The topological polar surface area (TPSA) is 186 Å². The third-order valence-corrected chi connectivity index (χ3v) is 10.4. The molecule has 2 heterocycles. The molecule has 1 N–H and O–H groups in total. The van der Waals surface area contributed by atoms with E-state index in [-0.39, 0.29) is 30.8 Å². The minimum absolute atomic E-state index is 0.0378. The normalized spacial score (nSPS) is 21.1. The van der Waals surface area contributed by atoms with E-state index in [1.165, 1.54) is 42.5 Å². The summed E-state index contributed by atoms with van der Waals surface area (Å²) in [6.45, 7) is 15.0. The van der Waals surface area contributed by atoms with Crippen LogP contribution in [-0.4, -0.2) is 133 Å². The van der Waals surface area contributed by atoms with E-state index in [0.717, 1.165) is 9.80 Å². The Balaban J connectivity index is 0.000000264. The number of urea groups is 1. The van der Waals surface area contributed by atoms with E-state index in [9.17, 15) is 28.8 Å². The van der Waals surface area contributed by atoms with Crippen LogP contribution in [0, 0.1) is 0 Å². The van der Waals surface area contributed by atoms with Gasteiger partial charge in [-0.05, 0) is 69.3 Å². The van der Waals surface area contributed by atoms with Crippen LogP contribution in [0.3, 0.4) is 0 Å². The largest absolute Gasteiger partial charge is 0.459 e. The van der Waals surface area contributed by atoms with Gasteiger partial charge in [0.1, 0.15) is 31.0 Å². The van der Waals surface area contributed by atoms with Crippen LogP contribution in [0.25, 0.3) is 0 Å². The molecule has 0 bridgehead atoms. The van der Waals surface area contributed by atoms with Crippen LogP contribution >= 0.6 is 0 Å². The molecule has 2 aliphatic rings. The van der Waals surface area contributed by atoms with E-state index < -0.39 is 104 Å². The first-order valence-electron chi connectivity index (χ1n) is 22.5. The fourth-order valence-electron chi connectivity index (χ4n) is 7.05. The quantitative estimate of drug-likeness (QED) is 0.0574. The van der Waals surface area contributed by atoms with Crippen molar-refractivity contribution >= 4 is 36.0 Å². The molecular formula is C53H57F2N3O13. The Morgan fingerprint density at radius 3 is 1.27 bits per heavy atom. The third-order valence-electron chi connectivity index (χ3n) is 10.4. The number of hydrogen-bond acceptors (Lipinski definition) is 13.